The standard InChI is InChI=1S/C8H14BrCl/c1-8(9)6-4-2-3-5-7-10/h1-7H2. The Morgan fingerprint density at radius 3 is 2.30 bits per heavy atom. The number of hydrogen-bond donors (Lipinski definition) is 0. The van der Waals surface area contributed by atoms with Crippen LogP contribution in [-0.2, 0) is 0 Å². The van der Waals surface area contributed by atoms with E-state index in [9.17, 15) is 0 Å². The molecule has 0 aliphatic heterocycles. The molecule has 0 aromatic heterocycles. The molecule has 0 saturated carbocycles. The molecule has 0 aromatic carbocycles. The fourth-order valence-corrected chi connectivity index (χ4v) is 1.23. The van der Waals surface area contributed by atoms with Gasteiger partial charge in [0.05, 0.1) is 0 Å². The number of unbranched alkanes of at least 4 members (excludes halogenated alkanes) is 3. The minimum atomic E-state index is 0.801. The lowest BCUT2D eigenvalue weighted by Crippen LogP contribution is -1.78. The fraction of sp³-hybridized carbons (Fsp3) is 0.750. The summed E-state index contributed by atoms with van der Waals surface area (Å²) in [4.78, 5) is 0. The second kappa shape index (κ2) is 7.62. The van der Waals surface area contributed by atoms with Gasteiger partial charge in [0.15, 0.2) is 0 Å². The third kappa shape index (κ3) is 8.51. The van der Waals surface area contributed by atoms with Gasteiger partial charge in [0, 0.05) is 5.88 Å². The first-order chi connectivity index (χ1) is 4.77. The first-order valence-electron chi connectivity index (χ1n) is 3.66. The van der Waals surface area contributed by atoms with Gasteiger partial charge < -0.3 is 0 Å². The Hall–Kier alpha value is 0.510. The van der Waals surface area contributed by atoms with Crippen LogP contribution in [0, 0.1) is 0 Å². The Kier molecular flexibility index (Phi) is 8.00. The van der Waals surface area contributed by atoms with Crippen molar-refractivity contribution in [1.82, 2.24) is 0 Å². The van der Waals surface area contributed by atoms with E-state index in [2.05, 4.69) is 22.5 Å². The molecule has 0 saturated heterocycles. The van der Waals surface area contributed by atoms with Crippen molar-refractivity contribution in [3.05, 3.63) is 11.1 Å². The van der Waals surface area contributed by atoms with Crippen LogP contribution in [0.1, 0.15) is 32.1 Å². The Morgan fingerprint density at radius 2 is 1.80 bits per heavy atom. The first-order valence-corrected chi connectivity index (χ1v) is 4.99. The average molecular weight is 226 g/mol. The molecule has 0 N–H and O–H groups in total. The van der Waals surface area contributed by atoms with Gasteiger partial charge in [-0.25, -0.2) is 0 Å². The summed E-state index contributed by atoms with van der Waals surface area (Å²) in [5.74, 6) is 0.801. The molecule has 2 heteroatoms. The van der Waals surface area contributed by atoms with Crippen LogP contribution in [0.4, 0.5) is 0 Å². The van der Waals surface area contributed by atoms with Gasteiger partial charge in [-0.05, 0) is 23.7 Å². The summed E-state index contributed by atoms with van der Waals surface area (Å²) in [7, 11) is 0. The monoisotopic (exact) mass is 224 g/mol. The van der Waals surface area contributed by atoms with Gasteiger partial charge >= 0.3 is 0 Å². The van der Waals surface area contributed by atoms with E-state index in [0.29, 0.717) is 0 Å². The van der Waals surface area contributed by atoms with E-state index in [-0.39, 0.29) is 0 Å². The molecule has 0 rings (SSSR count). The van der Waals surface area contributed by atoms with Crippen molar-refractivity contribution >= 4 is 27.5 Å². The summed E-state index contributed by atoms with van der Waals surface area (Å²) in [6, 6.07) is 0. The van der Waals surface area contributed by atoms with E-state index >= 15 is 0 Å². The minimum absolute atomic E-state index is 0.801. The van der Waals surface area contributed by atoms with Gasteiger partial charge in [-0.1, -0.05) is 35.4 Å². The minimum Gasteiger partial charge on any atom is -0.127 e. The molecule has 0 aliphatic carbocycles. The Bertz CT molecular complexity index is 91.3. The van der Waals surface area contributed by atoms with E-state index in [0.717, 1.165) is 23.2 Å². The Morgan fingerprint density at radius 1 is 1.20 bits per heavy atom. The SMILES string of the molecule is C=C(Br)CCCCCCCl. The zero-order valence-corrected chi connectivity index (χ0v) is 8.55. The number of hydrogen-bond acceptors (Lipinski definition) is 0. The predicted molar refractivity (Wildman–Crippen MR) is 51.9 cm³/mol. The van der Waals surface area contributed by atoms with Crippen molar-refractivity contribution in [3.8, 4) is 0 Å². The number of alkyl halides is 1. The van der Waals surface area contributed by atoms with E-state index < -0.39 is 0 Å². The van der Waals surface area contributed by atoms with Gasteiger partial charge in [-0.2, -0.15) is 0 Å². The van der Waals surface area contributed by atoms with E-state index in [1.54, 1.807) is 0 Å². The second-order valence-electron chi connectivity index (χ2n) is 2.37. The highest BCUT2D eigenvalue weighted by atomic mass is 79.9. The molecule has 0 fully saturated rings. The van der Waals surface area contributed by atoms with E-state index in [4.69, 9.17) is 11.6 Å². The Balaban J connectivity index is 2.84. The molecule has 60 valence electrons. The van der Waals surface area contributed by atoms with Crippen LogP contribution in [0.3, 0.4) is 0 Å². The lowest BCUT2D eigenvalue weighted by atomic mass is 10.1. The maximum absolute atomic E-state index is 5.52. The highest BCUT2D eigenvalue weighted by Gasteiger charge is 1.89. The fourth-order valence-electron chi connectivity index (χ4n) is 0.765. The van der Waals surface area contributed by atoms with Gasteiger partial charge in [-0.3, -0.25) is 0 Å². The predicted octanol–water partition coefficient (Wildman–Crippen LogP) is 4.08. The molecule has 0 spiro atoms. The lowest BCUT2D eigenvalue weighted by molar-refractivity contribution is 0.675. The molecule has 0 radical (unpaired) electrons. The maximum Gasteiger partial charge on any atom is 0.0223 e. The van der Waals surface area contributed by atoms with Crippen LogP contribution in [0.2, 0.25) is 0 Å². The van der Waals surface area contributed by atoms with E-state index in [1.165, 1.54) is 19.3 Å². The molecular weight excluding hydrogens is 211 g/mol. The van der Waals surface area contributed by atoms with Crippen molar-refractivity contribution in [3.63, 3.8) is 0 Å². The van der Waals surface area contributed by atoms with Crippen LogP contribution >= 0.6 is 27.5 Å². The van der Waals surface area contributed by atoms with Crippen LogP contribution in [0.5, 0.6) is 0 Å². The molecule has 0 amide bonds. The van der Waals surface area contributed by atoms with Crippen LogP contribution in [-0.4, -0.2) is 5.88 Å². The smallest absolute Gasteiger partial charge is 0.0223 e. The highest BCUT2D eigenvalue weighted by molar-refractivity contribution is 9.11. The normalized spacial score (nSPS) is 9.80. The van der Waals surface area contributed by atoms with Gasteiger partial charge in [-0.15, -0.1) is 11.6 Å². The number of allylic oxidation sites excluding steroid dienone is 1. The molecule has 0 atom stereocenters. The van der Waals surface area contributed by atoms with Crippen LogP contribution in [0.25, 0.3) is 0 Å². The summed E-state index contributed by atoms with van der Waals surface area (Å²) in [6.07, 6.45) is 6.01. The van der Waals surface area contributed by atoms with E-state index in [1.807, 2.05) is 0 Å². The highest BCUT2D eigenvalue weighted by Crippen LogP contribution is 2.12. The zero-order chi connectivity index (χ0) is 7.82. The van der Waals surface area contributed by atoms with Gasteiger partial charge in [0.2, 0.25) is 0 Å². The lowest BCUT2D eigenvalue weighted by Gasteiger charge is -1.96. The molecule has 10 heavy (non-hydrogen) atoms. The van der Waals surface area contributed by atoms with Gasteiger partial charge in [0.1, 0.15) is 0 Å². The van der Waals surface area contributed by atoms with Gasteiger partial charge in [0.25, 0.3) is 0 Å². The third-order valence-corrected chi connectivity index (χ3v) is 2.00. The summed E-state index contributed by atoms with van der Waals surface area (Å²) in [6.45, 7) is 3.76. The first kappa shape index (κ1) is 10.5. The quantitative estimate of drug-likeness (QED) is 0.472. The summed E-state index contributed by atoms with van der Waals surface area (Å²) < 4.78 is 1.11. The largest absolute Gasteiger partial charge is 0.127 e. The molecule has 0 aliphatic rings. The molecule has 0 aromatic rings. The van der Waals surface area contributed by atoms with Crippen molar-refractivity contribution in [1.29, 1.82) is 0 Å². The summed E-state index contributed by atoms with van der Waals surface area (Å²) in [5.41, 5.74) is 0. The molecule has 0 nitrogen and oxygen atoms in total. The summed E-state index contributed by atoms with van der Waals surface area (Å²) in [5, 5.41) is 0. The molecular formula is C8H14BrCl. The third-order valence-electron chi connectivity index (χ3n) is 1.33. The number of rotatable bonds is 6. The zero-order valence-electron chi connectivity index (χ0n) is 6.21. The van der Waals surface area contributed by atoms with Crippen molar-refractivity contribution in [2.24, 2.45) is 0 Å². The van der Waals surface area contributed by atoms with Crippen molar-refractivity contribution < 1.29 is 0 Å². The van der Waals surface area contributed by atoms with Crippen molar-refractivity contribution in [2.45, 2.75) is 32.1 Å². The van der Waals surface area contributed by atoms with Crippen LogP contribution in [0.15, 0.2) is 11.1 Å². The average Bonchev–Trinajstić information content (AvgIpc) is 1.87. The van der Waals surface area contributed by atoms with Crippen LogP contribution < -0.4 is 0 Å². The Labute approximate surface area is 76.8 Å². The molecule has 0 unspecified atom stereocenters. The number of halogens is 2. The molecule has 0 heterocycles. The second-order valence-corrected chi connectivity index (χ2v) is 3.87. The maximum atomic E-state index is 5.52. The summed E-state index contributed by atoms with van der Waals surface area (Å²) >= 11 is 8.84. The van der Waals surface area contributed by atoms with Crippen molar-refractivity contribution in [2.75, 3.05) is 5.88 Å². The molecule has 0 bridgehead atoms. The topological polar surface area (TPSA) is 0 Å².